The van der Waals surface area contributed by atoms with E-state index in [1.807, 2.05) is 0 Å². The maximum absolute atomic E-state index is 13.6. The largest absolute Gasteiger partial charge is 0.497 e. The molecule has 4 rings (SSSR count). The molecule has 2 fully saturated rings. The van der Waals surface area contributed by atoms with Crippen molar-refractivity contribution in [2.24, 2.45) is 5.41 Å². The lowest BCUT2D eigenvalue weighted by Crippen LogP contribution is -2.74. The summed E-state index contributed by atoms with van der Waals surface area (Å²) in [5, 5.41) is -1.34. The number of rotatable bonds is 7. The monoisotopic (exact) mass is 472 g/mol. The summed E-state index contributed by atoms with van der Waals surface area (Å²) in [6.07, 6.45) is -2.13. The highest BCUT2D eigenvalue weighted by Gasteiger charge is 2.69. The standard InChI is InChI=1S/C23H24N2O7S/c1-4-23(5-2)20(27)25(21(23)33(29,30)17-9-7-6-8-10-17)19-18(26)24(22(28)32-19)15-11-13-16(31-3)14-12-15/h6-14,19,21H,4-5H2,1-3H3/t19-,21-/m1/s1. The molecule has 2 heterocycles. The van der Waals surface area contributed by atoms with Crippen LogP contribution in [0.1, 0.15) is 26.7 Å². The van der Waals surface area contributed by atoms with E-state index in [2.05, 4.69) is 0 Å². The molecule has 2 aromatic carbocycles. The summed E-state index contributed by atoms with van der Waals surface area (Å²) in [7, 11) is -2.58. The molecule has 2 atom stereocenters. The minimum atomic E-state index is -4.06. The van der Waals surface area contributed by atoms with E-state index < -0.39 is 44.8 Å². The number of β-lactam (4-membered cyclic amide) rings is 1. The van der Waals surface area contributed by atoms with Crippen LogP contribution in [0.15, 0.2) is 59.5 Å². The molecule has 2 aromatic rings. The molecule has 0 aliphatic carbocycles. The van der Waals surface area contributed by atoms with Gasteiger partial charge in [-0.25, -0.2) is 18.1 Å². The van der Waals surface area contributed by atoms with E-state index in [1.54, 1.807) is 44.2 Å². The average Bonchev–Trinajstić information content (AvgIpc) is 3.12. The van der Waals surface area contributed by atoms with Gasteiger partial charge in [0, 0.05) is 0 Å². The number of carbonyl (C=O) groups excluding carboxylic acids is 3. The minimum absolute atomic E-state index is 0.0301. The highest BCUT2D eigenvalue weighted by atomic mass is 32.2. The summed E-state index contributed by atoms with van der Waals surface area (Å²) in [6, 6.07) is 13.9. The summed E-state index contributed by atoms with van der Waals surface area (Å²) >= 11 is 0. The number of imide groups is 1. The van der Waals surface area contributed by atoms with Gasteiger partial charge < -0.3 is 9.47 Å². The topological polar surface area (TPSA) is 110 Å². The number of hydrogen-bond acceptors (Lipinski definition) is 7. The molecule has 3 amide bonds. The van der Waals surface area contributed by atoms with Crippen molar-refractivity contribution in [3.8, 4) is 5.75 Å². The second-order valence-electron chi connectivity index (χ2n) is 7.89. The van der Waals surface area contributed by atoms with Gasteiger partial charge in [-0.1, -0.05) is 32.0 Å². The van der Waals surface area contributed by atoms with E-state index in [-0.39, 0.29) is 23.4 Å². The van der Waals surface area contributed by atoms with Crippen LogP contribution in [0.5, 0.6) is 5.75 Å². The van der Waals surface area contributed by atoms with Gasteiger partial charge >= 0.3 is 6.09 Å². The predicted molar refractivity (Wildman–Crippen MR) is 118 cm³/mol. The molecule has 0 spiro atoms. The predicted octanol–water partition coefficient (Wildman–Crippen LogP) is 2.95. The lowest BCUT2D eigenvalue weighted by atomic mass is 9.73. The van der Waals surface area contributed by atoms with Crippen molar-refractivity contribution in [2.45, 2.75) is 43.2 Å². The minimum Gasteiger partial charge on any atom is -0.497 e. The van der Waals surface area contributed by atoms with Gasteiger partial charge in [0.2, 0.25) is 15.7 Å². The van der Waals surface area contributed by atoms with Crippen LogP contribution in [0.25, 0.3) is 0 Å². The number of methoxy groups -OCH3 is 1. The molecular formula is C23H24N2O7S. The third kappa shape index (κ3) is 3.28. The first-order chi connectivity index (χ1) is 15.7. The summed E-state index contributed by atoms with van der Waals surface area (Å²) in [6.45, 7) is 3.47. The summed E-state index contributed by atoms with van der Waals surface area (Å²) in [5.74, 6) is -0.828. The van der Waals surface area contributed by atoms with Crippen molar-refractivity contribution in [3.05, 3.63) is 54.6 Å². The third-order valence-electron chi connectivity index (χ3n) is 6.42. The molecule has 2 saturated heterocycles. The van der Waals surface area contributed by atoms with Crippen molar-refractivity contribution in [3.63, 3.8) is 0 Å². The van der Waals surface area contributed by atoms with E-state index in [4.69, 9.17) is 9.47 Å². The van der Waals surface area contributed by atoms with Crippen LogP contribution in [-0.4, -0.2) is 49.9 Å². The molecule has 0 bridgehead atoms. The summed E-state index contributed by atoms with van der Waals surface area (Å²) in [5.41, 5.74) is -0.990. The van der Waals surface area contributed by atoms with Gasteiger partial charge in [0.25, 0.3) is 12.1 Å². The first-order valence-corrected chi connectivity index (χ1v) is 12.1. The molecule has 0 saturated carbocycles. The molecule has 10 heteroatoms. The van der Waals surface area contributed by atoms with Gasteiger partial charge in [-0.15, -0.1) is 0 Å². The molecule has 2 aliphatic heterocycles. The Morgan fingerprint density at radius 2 is 1.58 bits per heavy atom. The van der Waals surface area contributed by atoms with Gasteiger partial charge in [-0.05, 0) is 49.2 Å². The number of likely N-dealkylation sites (tertiary alicyclic amines) is 1. The van der Waals surface area contributed by atoms with Crippen molar-refractivity contribution >= 4 is 33.4 Å². The molecule has 9 nitrogen and oxygen atoms in total. The van der Waals surface area contributed by atoms with E-state index in [0.717, 1.165) is 9.80 Å². The van der Waals surface area contributed by atoms with Crippen molar-refractivity contribution in [2.75, 3.05) is 12.0 Å². The number of hydrogen-bond donors (Lipinski definition) is 0. The molecule has 0 unspecified atom stereocenters. The smallest absolute Gasteiger partial charge is 0.423 e. The highest BCUT2D eigenvalue weighted by molar-refractivity contribution is 7.92. The van der Waals surface area contributed by atoms with Crippen LogP contribution in [0.2, 0.25) is 0 Å². The zero-order valence-electron chi connectivity index (χ0n) is 18.4. The maximum Gasteiger partial charge on any atom is 0.423 e. The van der Waals surface area contributed by atoms with Crippen LogP contribution >= 0.6 is 0 Å². The molecular weight excluding hydrogens is 448 g/mol. The number of ether oxygens (including phenoxy) is 2. The Bertz CT molecular complexity index is 1190. The lowest BCUT2D eigenvalue weighted by molar-refractivity contribution is -0.183. The number of nitrogens with zero attached hydrogens (tertiary/aromatic N) is 2. The second kappa shape index (κ2) is 8.18. The van der Waals surface area contributed by atoms with E-state index in [1.165, 1.54) is 31.4 Å². The van der Waals surface area contributed by atoms with E-state index in [9.17, 15) is 22.8 Å². The lowest BCUT2D eigenvalue weighted by Gasteiger charge is -2.55. The highest BCUT2D eigenvalue weighted by Crippen LogP contribution is 2.51. The fourth-order valence-corrected chi connectivity index (χ4v) is 6.85. The van der Waals surface area contributed by atoms with Crippen molar-refractivity contribution in [1.82, 2.24) is 4.90 Å². The van der Waals surface area contributed by atoms with Gasteiger partial charge in [-0.2, -0.15) is 0 Å². The first kappa shape index (κ1) is 22.8. The van der Waals surface area contributed by atoms with Crippen LogP contribution in [0.3, 0.4) is 0 Å². The summed E-state index contributed by atoms with van der Waals surface area (Å²) in [4.78, 5) is 40.8. The normalized spacial score (nSPS) is 22.2. The first-order valence-electron chi connectivity index (χ1n) is 10.5. The van der Waals surface area contributed by atoms with Gasteiger partial charge in [-0.3, -0.25) is 14.5 Å². The zero-order chi connectivity index (χ0) is 24.0. The fourth-order valence-electron chi connectivity index (χ4n) is 4.52. The summed E-state index contributed by atoms with van der Waals surface area (Å²) < 4.78 is 37.5. The Kier molecular flexibility index (Phi) is 5.65. The number of benzene rings is 2. The molecule has 174 valence electrons. The molecule has 2 aliphatic rings. The van der Waals surface area contributed by atoms with Gasteiger partial charge in [0.15, 0.2) is 5.37 Å². The van der Waals surface area contributed by atoms with E-state index in [0.29, 0.717) is 5.75 Å². The van der Waals surface area contributed by atoms with E-state index >= 15 is 0 Å². The van der Waals surface area contributed by atoms with Crippen molar-refractivity contribution in [1.29, 1.82) is 0 Å². The third-order valence-corrected chi connectivity index (χ3v) is 8.62. The van der Waals surface area contributed by atoms with Crippen LogP contribution in [0, 0.1) is 5.41 Å². The quantitative estimate of drug-likeness (QED) is 0.570. The number of amides is 3. The zero-order valence-corrected chi connectivity index (χ0v) is 19.2. The second-order valence-corrected chi connectivity index (χ2v) is 9.90. The van der Waals surface area contributed by atoms with Crippen LogP contribution < -0.4 is 9.64 Å². The SMILES string of the molecule is CCC1(CC)C(=O)N([C@@H]2OC(=O)N(c3ccc(OC)cc3)C2=O)[C@@H]1S(=O)(=O)c1ccccc1. The molecule has 0 radical (unpaired) electrons. The van der Waals surface area contributed by atoms with Crippen LogP contribution in [-0.2, 0) is 24.2 Å². The van der Waals surface area contributed by atoms with Gasteiger partial charge in [0.1, 0.15) is 5.75 Å². The Morgan fingerprint density at radius 1 is 0.970 bits per heavy atom. The maximum atomic E-state index is 13.6. The molecule has 0 aromatic heterocycles. The van der Waals surface area contributed by atoms with Crippen molar-refractivity contribution < 1.29 is 32.3 Å². The Hall–Kier alpha value is -3.40. The van der Waals surface area contributed by atoms with Gasteiger partial charge in [0.05, 0.1) is 23.1 Å². The van der Waals surface area contributed by atoms with Crippen LogP contribution in [0.4, 0.5) is 10.5 Å². The molecule has 0 N–H and O–H groups in total. The molecule has 33 heavy (non-hydrogen) atoms. The number of sulfone groups is 1. The Labute approximate surface area is 191 Å². The number of cyclic esters (lactones) is 1. The Balaban J connectivity index is 1.73. The number of anilines is 1. The average molecular weight is 473 g/mol. The number of carbonyl (C=O) groups is 3. The Morgan fingerprint density at radius 3 is 2.12 bits per heavy atom. The fraction of sp³-hybridized carbons (Fsp3) is 0.348.